The van der Waals surface area contributed by atoms with Crippen LogP contribution >= 0.6 is 0 Å². The number of hydrogen-bond donors (Lipinski definition) is 3. The molecule has 0 aliphatic heterocycles. The van der Waals surface area contributed by atoms with Crippen LogP contribution in [-0.2, 0) is 11.2 Å². The Labute approximate surface area is 107 Å². The molecule has 98 valence electrons. The maximum Gasteiger partial charge on any atom is 0.224 e. The highest BCUT2D eigenvalue weighted by atomic mass is 16.4. The molecule has 0 heterocycles. The molecule has 1 atom stereocenters. The van der Waals surface area contributed by atoms with Crippen LogP contribution in [0.1, 0.15) is 23.6 Å². The topological polar surface area (TPSA) is 87.7 Å². The van der Waals surface area contributed by atoms with Crippen LogP contribution < -0.4 is 11.1 Å². The van der Waals surface area contributed by atoms with Crippen molar-refractivity contribution in [1.29, 1.82) is 0 Å². The van der Waals surface area contributed by atoms with E-state index in [9.17, 15) is 4.79 Å². The van der Waals surface area contributed by atoms with Crippen molar-refractivity contribution in [3.05, 3.63) is 34.9 Å². The van der Waals surface area contributed by atoms with Crippen molar-refractivity contribution in [3.63, 3.8) is 0 Å². The highest BCUT2D eigenvalue weighted by molar-refractivity contribution is 5.90. The first-order chi connectivity index (χ1) is 8.43. The van der Waals surface area contributed by atoms with Crippen molar-refractivity contribution >= 4 is 11.7 Å². The maximum atomic E-state index is 11.7. The summed E-state index contributed by atoms with van der Waals surface area (Å²) in [6.45, 7) is 5.70. The molecular formula is C13H19N3O2. The summed E-state index contributed by atoms with van der Waals surface area (Å²) in [6, 6.07) is 5.43. The largest absolute Gasteiger partial charge is 0.409 e. The Hall–Kier alpha value is -2.04. The first-order valence-corrected chi connectivity index (χ1v) is 5.77. The second kappa shape index (κ2) is 6.05. The number of nitrogens with zero attached hydrogens (tertiary/aromatic N) is 1. The van der Waals surface area contributed by atoms with Gasteiger partial charge in [0.2, 0.25) is 5.91 Å². The van der Waals surface area contributed by atoms with Crippen LogP contribution in [-0.4, -0.2) is 23.0 Å². The summed E-state index contributed by atoms with van der Waals surface area (Å²) in [6.07, 6.45) is 0.282. The molecule has 0 aromatic heterocycles. The Morgan fingerprint density at radius 1 is 1.44 bits per heavy atom. The number of carbonyl (C=O) groups is 1. The molecule has 1 amide bonds. The average molecular weight is 249 g/mol. The summed E-state index contributed by atoms with van der Waals surface area (Å²) >= 11 is 0. The average Bonchev–Trinajstić information content (AvgIpc) is 2.32. The Bertz CT molecular complexity index is 469. The summed E-state index contributed by atoms with van der Waals surface area (Å²) in [5.74, 6) is -0.166. The zero-order chi connectivity index (χ0) is 13.7. The minimum absolute atomic E-state index is 0.0107. The molecule has 0 saturated heterocycles. The smallest absolute Gasteiger partial charge is 0.224 e. The van der Waals surface area contributed by atoms with Crippen LogP contribution in [0.2, 0.25) is 0 Å². The van der Waals surface area contributed by atoms with E-state index < -0.39 is 6.04 Å². The Morgan fingerprint density at radius 2 is 2.11 bits per heavy atom. The second-order valence-corrected chi connectivity index (χ2v) is 4.41. The number of carbonyl (C=O) groups excluding carboxylic acids is 1. The molecule has 18 heavy (non-hydrogen) atoms. The summed E-state index contributed by atoms with van der Waals surface area (Å²) in [7, 11) is 0. The molecule has 5 heteroatoms. The first kappa shape index (κ1) is 14.0. The molecule has 4 N–H and O–H groups in total. The van der Waals surface area contributed by atoms with Crippen molar-refractivity contribution in [2.24, 2.45) is 10.9 Å². The van der Waals surface area contributed by atoms with Gasteiger partial charge in [0.25, 0.3) is 0 Å². The highest BCUT2D eigenvalue weighted by Gasteiger charge is 2.11. The van der Waals surface area contributed by atoms with Gasteiger partial charge in [-0.3, -0.25) is 4.79 Å². The van der Waals surface area contributed by atoms with E-state index in [1.54, 1.807) is 6.92 Å². The van der Waals surface area contributed by atoms with Crippen molar-refractivity contribution in [2.45, 2.75) is 33.2 Å². The van der Waals surface area contributed by atoms with Gasteiger partial charge in [-0.2, -0.15) is 0 Å². The second-order valence-electron chi connectivity index (χ2n) is 4.41. The Morgan fingerprint density at radius 3 is 2.67 bits per heavy atom. The van der Waals surface area contributed by atoms with Crippen LogP contribution in [0.5, 0.6) is 0 Å². The fraction of sp³-hybridized carbons (Fsp3) is 0.385. The number of amides is 1. The van der Waals surface area contributed by atoms with Gasteiger partial charge in [-0.15, -0.1) is 0 Å². The van der Waals surface area contributed by atoms with E-state index in [-0.39, 0.29) is 18.2 Å². The van der Waals surface area contributed by atoms with Gasteiger partial charge in [0.15, 0.2) is 5.84 Å². The number of aryl methyl sites for hydroxylation is 2. The molecule has 0 aliphatic rings. The molecule has 0 spiro atoms. The molecule has 0 bridgehead atoms. The predicted molar refractivity (Wildman–Crippen MR) is 70.6 cm³/mol. The van der Waals surface area contributed by atoms with Gasteiger partial charge in [-0.05, 0) is 37.5 Å². The number of benzene rings is 1. The van der Waals surface area contributed by atoms with Gasteiger partial charge in [0, 0.05) is 0 Å². The zero-order valence-corrected chi connectivity index (χ0v) is 10.9. The maximum absolute atomic E-state index is 11.7. The van der Waals surface area contributed by atoms with E-state index >= 15 is 0 Å². The fourth-order valence-corrected chi connectivity index (χ4v) is 1.55. The number of nitrogens with two attached hydrogens (primary N) is 1. The van der Waals surface area contributed by atoms with Crippen molar-refractivity contribution < 1.29 is 10.0 Å². The third kappa shape index (κ3) is 3.76. The molecule has 1 unspecified atom stereocenters. The van der Waals surface area contributed by atoms with Crippen LogP contribution in [0.4, 0.5) is 0 Å². The summed E-state index contributed by atoms with van der Waals surface area (Å²) in [5, 5.41) is 14.0. The van der Waals surface area contributed by atoms with E-state index in [1.807, 2.05) is 32.0 Å². The number of oxime groups is 1. The lowest BCUT2D eigenvalue weighted by Gasteiger charge is -2.12. The van der Waals surface area contributed by atoms with E-state index in [1.165, 1.54) is 5.56 Å². The third-order valence-electron chi connectivity index (χ3n) is 2.87. The minimum atomic E-state index is -0.478. The summed E-state index contributed by atoms with van der Waals surface area (Å²) in [5.41, 5.74) is 8.69. The molecule has 0 fully saturated rings. The van der Waals surface area contributed by atoms with Gasteiger partial charge in [0.1, 0.15) is 0 Å². The Kier molecular flexibility index (Phi) is 4.71. The van der Waals surface area contributed by atoms with Gasteiger partial charge >= 0.3 is 0 Å². The summed E-state index contributed by atoms with van der Waals surface area (Å²) < 4.78 is 0. The van der Waals surface area contributed by atoms with Crippen LogP contribution in [0.25, 0.3) is 0 Å². The normalized spacial score (nSPS) is 13.2. The zero-order valence-electron chi connectivity index (χ0n) is 10.9. The molecule has 5 nitrogen and oxygen atoms in total. The first-order valence-electron chi connectivity index (χ1n) is 5.77. The van der Waals surface area contributed by atoms with Gasteiger partial charge in [-0.1, -0.05) is 23.4 Å². The number of hydrogen-bond acceptors (Lipinski definition) is 3. The fourth-order valence-electron chi connectivity index (χ4n) is 1.55. The lowest BCUT2D eigenvalue weighted by atomic mass is 10.0. The minimum Gasteiger partial charge on any atom is -0.409 e. The number of rotatable bonds is 4. The van der Waals surface area contributed by atoms with Crippen LogP contribution in [0, 0.1) is 13.8 Å². The predicted octanol–water partition coefficient (Wildman–Crippen LogP) is 1.10. The summed E-state index contributed by atoms with van der Waals surface area (Å²) in [4.78, 5) is 11.7. The van der Waals surface area contributed by atoms with Crippen LogP contribution in [0.3, 0.4) is 0 Å². The lowest BCUT2D eigenvalue weighted by molar-refractivity contribution is -0.120. The molecule has 0 aliphatic carbocycles. The molecule has 1 aromatic carbocycles. The molecule has 1 aromatic rings. The van der Waals surface area contributed by atoms with Gasteiger partial charge in [-0.25, -0.2) is 0 Å². The van der Waals surface area contributed by atoms with E-state index in [2.05, 4.69) is 10.5 Å². The molecule has 0 saturated carbocycles. The highest BCUT2D eigenvalue weighted by Crippen LogP contribution is 2.10. The van der Waals surface area contributed by atoms with E-state index in [0.29, 0.717) is 0 Å². The number of amidine groups is 1. The monoisotopic (exact) mass is 249 g/mol. The third-order valence-corrected chi connectivity index (χ3v) is 2.87. The van der Waals surface area contributed by atoms with Crippen molar-refractivity contribution in [1.82, 2.24) is 5.32 Å². The molecular weight excluding hydrogens is 230 g/mol. The SMILES string of the molecule is Cc1ccc(CC(=O)NC(C)C(N)=NO)cc1C. The van der Waals surface area contributed by atoms with Crippen LogP contribution in [0.15, 0.2) is 23.4 Å². The van der Waals surface area contributed by atoms with Crippen molar-refractivity contribution in [3.8, 4) is 0 Å². The van der Waals surface area contributed by atoms with E-state index in [0.717, 1.165) is 11.1 Å². The lowest BCUT2D eigenvalue weighted by Crippen LogP contribution is -2.43. The quantitative estimate of drug-likeness (QED) is 0.323. The van der Waals surface area contributed by atoms with Gasteiger partial charge < -0.3 is 16.3 Å². The molecule has 1 rings (SSSR count). The standard InChI is InChI=1S/C13H19N3O2/c1-8-4-5-11(6-9(8)2)7-12(17)15-10(3)13(14)16-18/h4-6,10,18H,7H2,1-3H3,(H2,14,16)(H,15,17). The number of nitrogens with one attached hydrogen (secondary N) is 1. The molecule has 0 radical (unpaired) electrons. The van der Waals surface area contributed by atoms with E-state index in [4.69, 9.17) is 10.9 Å². The van der Waals surface area contributed by atoms with Crippen molar-refractivity contribution in [2.75, 3.05) is 0 Å². The van der Waals surface area contributed by atoms with Gasteiger partial charge in [0.05, 0.1) is 12.5 Å². The Balaban J connectivity index is 2.62.